The van der Waals surface area contributed by atoms with E-state index in [1.165, 1.54) is 18.5 Å². The summed E-state index contributed by atoms with van der Waals surface area (Å²) < 4.78 is 7.86. The van der Waals surface area contributed by atoms with Crippen LogP contribution in [0.2, 0.25) is 0 Å². The minimum Gasteiger partial charge on any atom is -0.463 e. The van der Waals surface area contributed by atoms with Gasteiger partial charge in [0, 0.05) is 16.6 Å². The molecule has 9 nitrogen and oxygen atoms in total. The van der Waals surface area contributed by atoms with Crippen LogP contribution in [0.5, 0.6) is 0 Å². The van der Waals surface area contributed by atoms with Crippen LogP contribution in [-0.4, -0.2) is 32.3 Å². The van der Waals surface area contributed by atoms with E-state index >= 15 is 0 Å². The highest BCUT2D eigenvalue weighted by Crippen LogP contribution is 2.39. The predicted molar refractivity (Wildman–Crippen MR) is 113 cm³/mol. The molecular weight excluding hydrogens is 454 g/mol. The minimum atomic E-state index is -0.582. The molecule has 152 valence electrons. The van der Waals surface area contributed by atoms with Gasteiger partial charge in [-0.1, -0.05) is 28.1 Å². The Balaban J connectivity index is 1.92. The number of nitro groups is 1. The number of nitrogens with one attached hydrogen (secondary N) is 1. The fourth-order valence-corrected chi connectivity index (χ4v) is 3.58. The maximum Gasteiger partial charge on any atom is 0.338 e. The number of carbonyl (C=O) groups is 1. The van der Waals surface area contributed by atoms with Crippen molar-refractivity contribution in [3.63, 3.8) is 0 Å². The lowest BCUT2D eigenvalue weighted by molar-refractivity contribution is -0.384. The lowest BCUT2D eigenvalue weighted by Crippen LogP contribution is -2.30. The van der Waals surface area contributed by atoms with Gasteiger partial charge in [-0.3, -0.25) is 10.1 Å². The summed E-state index contributed by atoms with van der Waals surface area (Å²) in [6.07, 6.45) is 1.40. The molecule has 4 rings (SSSR count). The zero-order valence-electron chi connectivity index (χ0n) is 15.8. The first-order chi connectivity index (χ1) is 14.5. The number of benzene rings is 2. The third-order valence-electron chi connectivity index (χ3n) is 4.65. The number of ether oxygens (including phenoxy) is 1. The van der Waals surface area contributed by atoms with Gasteiger partial charge < -0.3 is 10.1 Å². The number of nitrogens with zero attached hydrogens (tertiary/aromatic N) is 4. The SMILES string of the molecule is CCOC(=O)C1=C(c2ccc([N+](=O)[O-])cc2)Nc2ncnn2C1c1ccc(Br)cc1. The highest BCUT2D eigenvalue weighted by atomic mass is 79.9. The quantitative estimate of drug-likeness (QED) is 0.342. The highest BCUT2D eigenvalue weighted by molar-refractivity contribution is 9.10. The van der Waals surface area contributed by atoms with E-state index in [-0.39, 0.29) is 12.3 Å². The van der Waals surface area contributed by atoms with Crippen LogP contribution in [0.4, 0.5) is 11.6 Å². The molecule has 10 heteroatoms. The molecular formula is C20H16BrN5O4. The number of aromatic nitrogens is 3. The zero-order chi connectivity index (χ0) is 21.3. The van der Waals surface area contributed by atoms with Gasteiger partial charge in [0.15, 0.2) is 0 Å². The lowest BCUT2D eigenvalue weighted by Gasteiger charge is -2.29. The van der Waals surface area contributed by atoms with Crippen molar-refractivity contribution in [2.45, 2.75) is 13.0 Å². The molecule has 1 aliphatic heterocycles. The van der Waals surface area contributed by atoms with Crippen molar-refractivity contribution < 1.29 is 14.5 Å². The highest BCUT2D eigenvalue weighted by Gasteiger charge is 2.36. The number of carbonyl (C=O) groups excluding carboxylic acids is 1. The van der Waals surface area contributed by atoms with Crippen LogP contribution in [0.25, 0.3) is 5.70 Å². The predicted octanol–water partition coefficient (Wildman–Crippen LogP) is 3.94. The van der Waals surface area contributed by atoms with Gasteiger partial charge in [0.1, 0.15) is 12.4 Å². The second-order valence-corrected chi connectivity index (χ2v) is 7.34. The molecule has 1 atom stereocenters. The molecule has 1 aliphatic rings. The van der Waals surface area contributed by atoms with Crippen molar-refractivity contribution in [1.82, 2.24) is 14.8 Å². The van der Waals surface area contributed by atoms with E-state index in [0.29, 0.717) is 22.8 Å². The molecule has 0 radical (unpaired) electrons. The molecule has 1 unspecified atom stereocenters. The van der Waals surface area contributed by atoms with E-state index in [1.54, 1.807) is 23.7 Å². The third-order valence-corrected chi connectivity index (χ3v) is 5.17. The Hall–Kier alpha value is -3.53. The molecule has 0 aliphatic carbocycles. The number of fused-ring (bicyclic) bond motifs is 1. The largest absolute Gasteiger partial charge is 0.463 e. The third kappa shape index (κ3) is 3.57. The summed E-state index contributed by atoms with van der Waals surface area (Å²) in [6.45, 7) is 1.93. The van der Waals surface area contributed by atoms with Gasteiger partial charge in [0.25, 0.3) is 5.69 Å². The van der Waals surface area contributed by atoms with Crippen LogP contribution < -0.4 is 5.32 Å². The first-order valence-electron chi connectivity index (χ1n) is 9.07. The van der Waals surface area contributed by atoms with Gasteiger partial charge in [0.2, 0.25) is 5.95 Å². The summed E-state index contributed by atoms with van der Waals surface area (Å²) in [6, 6.07) is 12.9. The van der Waals surface area contributed by atoms with Gasteiger partial charge >= 0.3 is 5.97 Å². The Labute approximate surface area is 179 Å². The number of hydrogen-bond acceptors (Lipinski definition) is 7. The van der Waals surface area contributed by atoms with E-state index in [1.807, 2.05) is 24.3 Å². The van der Waals surface area contributed by atoms with Crippen molar-refractivity contribution >= 4 is 39.2 Å². The Morgan fingerprint density at radius 3 is 2.57 bits per heavy atom. The average Bonchev–Trinajstić information content (AvgIpc) is 3.22. The van der Waals surface area contributed by atoms with E-state index < -0.39 is 16.9 Å². The summed E-state index contributed by atoms with van der Waals surface area (Å²) in [5.74, 6) is -0.0586. The summed E-state index contributed by atoms with van der Waals surface area (Å²) in [5.41, 5.74) is 2.18. The molecule has 30 heavy (non-hydrogen) atoms. The van der Waals surface area contributed by atoms with Crippen molar-refractivity contribution in [3.8, 4) is 0 Å². The van der Waals surface area contributed by atoms with Crippen molar-refractivity contribution in [2.75, 3.05) is 11.9 Å². The number of esters is 1. The molecule has 3 aromatic rings. The molecule has 0 amide bonds. The van der Waals surface area contributed by atoms with Gasteiger partial charge in [-0.05, 0) is 42.3 Å². The van der Waals surface area contributed by atoms with Gasteiger partial charge in [-0.2, -0.15) is 10.1 Å². The second kappa shape index (κ2) is 8.07. The fraction of sp³-hybridized carbons (Fsp3) is 0.150. The summed E-state index contributed by atoms with van der Waals surface area (Å²) in [4.78, 5) is 27.8. The molecule has 1 aromatic heterocycles. The van der Waals surface area contributed by atoms with Gasteiger partial charge in [-0.15, -0.1) is 0 Å². The van der Waals surface area contributed by atoms with Crippen LogP contribution in [-0.2, 0) is 9.53 Å². The van der Waals surface area contributed by atoms with Crippen LogP contribution >= 0.6 is 15.9 Å². The molecule has 0 saturated carbocycles. The lowest BCUT2D eigenvalue weighted by atomic mass is 9.93. The van der Waals surface area contributed by atoms with E-state index in [2.05, 4.69) is 31.3 Å². The molecule has 0 fully saturated rings. The van der Waals surface area contributed by atoms with Crippen LogP contribution in [0.3, 0.4) is 0 Å². The first kappa shape index (κ1) is 19.8. The van der Waals surface area contributed by atoms with E-state index in [4.69, 9.17) is 4.74 Å². The summed E-state index contributed by atoms with van der Waals surface area (Å²) in [7, 11) is 0. The standard InChI is InChI=1S/C20H16BrN5O4/c1-2-30-19(27)16-17(12-5-9-15(10-6-12)26(28)29)24-20-22-11-23-25(20)18(16)13-3-7-14(21)8-4-13/h3-11,18H,2H2,1H3,(H,22,23,24). The topological polar surface area (TPSA) is 112 Å². The Kier molecular flexibility index (Phi) is 5.32. The van der Waals surface area contributed by atoms with Crippen molar-refractivity contribution in [3.05, 3.63) is 86.1 Å². The number of nitro benzene ring substituents is 1. The minimum absolute atomic E-state index is 0.0412. The maximum atomic E-state index is 13.0. The number of anilines is 1. The molecule has 2 heterocycles. The smallest absolute Gasteiger partial charge is 0.338 e. The monoisotopic (exact) mass is 469 g/mol. The molecule has 1 N–H and O–H groups in total. The zero-order valence-corrected chi connectivity index (χ0v) is 17.4. The molecule has 0 spiro atoms. The van der Waals surface area contributed by atoms with E-state index in [0.717, 1.165) is 10.0 Å². The fourth-order valence-electron chi connectivity index (χ4n) is 3.32. The number of hydrogen-bond donors (Lipinski definition) is 1. The van der Waals surface area contributed by atoms with Crippen molar-refractivity contribution in [2.24, 2.45) is 0 Å². The molecule has 0 saturated heterocycles. The van der Waals surface area contributed by atoms with Crippen LogP contribution in [0.15, 0.2) is 64.9 Å². The molecule has 2 aromatic carbocycles. The first-order valence-corrected chi connectivity index (χ1v) is 9.87. The Morgan fingerprint density at radius 1 is 1.23 bits per heavy atom. The summed E-state index contributed by atoms with van der Waals surface area (Å²) in [5, 5.41) is 18.4. The molecule has 0 bridgehead atoms. The number of rotatable bonds is 5. The second-order valence-electron chi connectivity index (χ2n) is 6.42. The normalized spacial score (nSPS) is 15.3. The number of non-ortho nitro benzene ring substituents is 1. The van der Waals surface area contributed by atoms with Gasteiger partial charge in [-0.25, -0.2) is 9.48 Å². The average molecular weight is 470 g/mol. The Morgan fingerprint density at radius 2 is 1.93 bits per heavy atom. The van der Waals surface area contributed by atoms with Gasteiger partial charge in [0.05, 0.1) is 22.8 Å². The number of halogens is 1. The van der Waals surface area contributed by atoms with Crippen LogP contribution in [0, 0.1) is 10.1 Å². The summed E-state index contributed by atoms with van der Waals surface area (Å²) >= 11 is 3.42. The van der Waals surface area contributed by atoms with Crippen LogP contribution in [0.1, 0.15) is 24.1 Å². The van der Waals surface area contributed by atoms with Crippen molar-refractivity contribution in [1.29, 1.82) is 0 Å². The Bertz CT molecular complexity index is 1140. The maximum absolute atomic E-state index is 13.0. The van der Waals surface area contributed by atoms with E-state index in [9.17, 15) is 14.9 Å².